The number of hydrogen-bond donors (Lipinski definition) is 0. The third-order valence-corrected chi connectivity index (χ3v) is 6.28. The summed E-state index contributed by atoms with van der Waals surface area (Å²) in [6.07, 6.45) is 2.41. The fraction of sp³-hybridized carbons (Fsp3) is 0.526. The summed E-state index contributed by atoms with van der Waals surface area (Å²) in [6, 6.07) is 10.4. The summed E-state index contributed by atoms with van der Waals surface area (Å²) in [7, 11) is 2.01. The van der Waals surface area contributed by atoms with Gasteiger partial charge in [-0.3, -0.25) is 4.79 Å². The van der Waals surface area contributed by atoms with Gasteiger partial charge < -0.3 is 14.4 Å². The number of amides is 1. The van der Waals surface area contributed by atoms with Crippen molar-refractivity contribution in [3.05, 3.63) is 36.2 Å². The minimum atomic E-state index is -0.145. The summed E-state index contributed by atoms with van der Waals surface area (Å²) in [5.74, 6) is 1.82. The van der Waals surface area contributed by atoms with Gasteiger partial charge in [0.2, 0.25) is 5.91 Å². The average molecular weight is 372 g/mol. The Bertz CT molecular complexity index is 765. The number of para-hydroxylation sites is 1. The molecule has 0 N–H and O–H groups in total. The minimum Gasteiger partial charge on any atom is -0.368 e. The summed E-state index contributed by atoms with van der Waals surface area (Å²) in [6.45, 7) is 5.27. The van der Waals surface area contributed by atoms with Crippen LogP contribution < -0.4 is 4.90 Å². The molecule has 138 valence electrons. The lowest BCUT2D eigenvalue weighted by Crippen LogP contribution is -2.50. The van der Waals surface area contributed by atoms with Gasteiger partial charge in [0, 0.05) is 44.8 Å². The van der Waals surface area contributed by atoms with Crippen LogP contribution in [0.1, 0.15) is 31.5 Å². The first kappa shape index (κ1) is 17.4. The van der Waals surface area contributed by atoms with Gasteiger partial charge in [-0.05, 0) is 31.9 Å². The van der Waals surface area contributed by atoms with E-state index in [0.717, 1.165) is 37.2 Å². The summed E-state index contributed by atoms with van der Waals surface area (Å²) in [5.41, 5.74) is 1.23. The van der Waals surface area contributed by atoms with Gasteiger partial charge in [-0.15, -0.1) is 10.2 Å². The molecular weight excluding hydrogens is 346 g/mol. The van der Waals surface area contributed by atoms with Crippen molar-refractivity contribution >= 4 is 23.4 Å². The smallest absolute Gasteiger partial charge is 0.236 e. The van der Waals surface area contributed by atoms with Crippen LogP contribution in [0.3, 0.4) is 0 Å². The Morgan fingerprint density at radius 2 is 1.81 bits per heavy atom. The lowest BCUT2D eigenvalue weighted by molar-refractivity contribution is -0.130. The number of hydrogen-bond acceptors (Lipinski definition) is 5. The number of nitrogens with zero attached hydrogens (tertiary/aromatic N) is 5. The quantitative estimate of drug-likeness (QED) is 0.756. The molecule has 1 aromatic heterocycles. The number of piperazine rings is 1. The van der Waals surface area contributed by atoms with Crippen LogP contribution in [0.4, 0.5) is 5.69 Å². The van der Waals surface area contributed by atoms with Gasteiger partial charge in [-0.1, -0.05) is 30.0 Å². The fourth-order valence-electron chi connectivity index (χ4n) is 3.42. The highest BCUT2D eigenvalue weighted by molar-refractivity contribution is 8.00. The molecule has 6 nitrogen and oxygen atoms in total. The minimum absolute atomic E-state index is 0.145. The molecule has 0 unspecified atom stereocenters. The van der Waals surface area contributed by atoms with Crippen LogP contribution in [0.5, 0.6) is 0 Å². The maximum atomic E-state index is 12.8. The molecule has 0 bridgehead atoms. The molecule has 7 heteroatoms. The molecule has 2 heterocycles. The third kappa shape index (κ3) is 3.58. The normalized spacial score (nSPS) is 18.8. The van der Waals surface area contributed by atoms with Crippen molar-refractivity contribution in [2.24, 2.45) is 7.05 Å². The van der Waals surface area contributed by atoms with Crippen molar-refractivity contribution < 1.29 is 4.79 Å². The first-order valence-electron chi connectivity index (χ1n) is 9.28. The molecule has 1 aromatic carbocycles. The van der Waals surface area contributed by atoms with E-state index in [1.165, 1.54) is 30.3 Å². The van der Waals surface area contributed by atoms with Crippen LogP contribution >= 0.6 is 11.8 Å². The second kappa shape index (κ2) is 7.31. The lowest BCUT2D eigenvalue weighted by Gasteiger charge is -2.37. The number of carbonyl (C=O) groups is 1. The van der Waals surface area contributed by atoms with Crippen molar-refractivity contribution in [3.63, 3.8) is 0 Å². The molecule has 0 radical (unpaired) electrons. The van der Waals surface area contributed by atoms with Crippen molar-refractivity contribution in [1.29, 1.82) is 0 Å². The number of benzene rings is 1. The number of aromatic nitrogens is 3. The zero-order chi connectivity index (χ0) is 18.1. The Balaban J connectivity index is 1.33. The van der Waals surface area contributed by atoms with Crippen molar-refractivity contribution in [3.8, 4) is 0 Å². The van der Waals surface area contributed by atoms with Crippen LogP contribution in [0.2, 0.25) is 0 Å². The number of rotatable bonds is 5. The largest absolute Gasteiger partial charge is 0.368 e. The summed E-state index contributed by atoms with van der Waals surface area (Å²) >= 11 is 1.52. The van der Waals surface area contributed by atoms with Gasteiger partial charge in [0.25, 0.3) is 0 Å². The van der Waals surface area contributed by atoms with E-state index in [-0.39, 0.29) is 11.2 Å². The molecule has 2 aromatic rings. The summed E-state index contributed by atoms with van der Waals surface area (Å²) < 4.78 is 2.06. The van der Waals surface area contributed by atoms with Crippen molar-refractivity contribution in [1.82, 2.24) is 19.7 Å². The van der Waals surface area contributed by atoms with Crippen molar-refractivity contribution in [2.75, 3.05) is 31.1 Å². The highest BCUT2D eigenvalue weighted by Gasteiger charge is 2.31. The van der Waals surface area contributed by atoms with E-state index in [4.69, 9.17) is 0 Å². The van der Waals surface area contributed by atoms with Gasteiger partial charge in [0.1, 0.15) is 5.82 Å². The number of anilines is 1. The zero-order valence-electron chi connectivity index (χ0n) is 15.3. The van der Waals surface area contributed by atoms with Crippen LogP contribution in [0.15, 0.2) is 35.5 Å². The molecule has 1 saturated carbocycles. The van der Waals surface area contributed by atoms with E-state index in [1.807, 2.05) is 24.9 Å². The standard InChI is InChI=1S/C19H25N5OS/c1-14(26-19-21-20-17(22(19)2)15-8-9-15)18(25)24-12-10-23(11-13-24)16-6-4-3-5-7-16/h3-7,14-15H,8-13H2,1-2H3/t14-/m0/s1. The van der Waals surface area contributed by atoms with Crippen molar-refractivity contribution in [2.45, 2.75) is 36.1 Å². The second-order valence-electron chi connectivity index (χ2n) is 7.08. The molecule has 1 saturated heterocycles. The Hall–Kier alpha value is -2.02. The van der Waals surface area contributed by atoms with Gasteiger partial charge in [-0.25, -0.2) is 0 Å². The Kier molecular flexibility index (Phi) is 4.89. The first-order valence-corrected chi connectivity index (χ1v) is 10.2. The van der Waals surface area contributed by atoms with Gasteiger partial charge in [-0.2, -0.15) is 0 Å². The molecule has 2 fully saturated rings. The van der Waals surface area contributed by atoms with E-state index in [9.17, 15) is 4.79 Å². The molecule has 26 heavy (non-hydrogen) atoms. The van der Waals surface area contributed by atoms with E-state index in [0.29, 0.717) is 5.92 Å². The van der Waals surface area contributed by atoms with Crippen LogP contribution in [-0.4, -0.2) is 57.0 Å². The van der Waals surface area contributed by atoms with E-state index in [2.05, 4.69) is 43.9 Å². The van der Waals surface area contributed by atoms with Crippen LogP contribution in [0.25, 0.3) is 0 Å². The first-order chi connectivity index (χ1) is 12.6. The van der Waals surface area contributed by atoms with Gasteiger partial charge in [0.05, 0.1) is 5.25 Å². The predicted molar refractivity (Wildman–Crippen MR) is 104 cm³/mol. The topological polar surface area (TPSA) is 54.3 Å². The van der Waals surface area contributed by atoms with E-state index in [1.54, 1.807) is 0 Å². The molecule has 0 spiro atoms. The molecule has 4 rings (SSSR count). The predicted octanol–water partition coefficient (Wildman–Crippen LogP) is 2.52. The Labute approximate surface area is 158 Å². The maximum absolute atomic E-state index is 12.8. The van der Waals surface area contributed by atoms with Crippen LogP contribution in [0, 0.1) is 0 Å². The molecule has 2 aliphatic rings. The van der Waals surface area contributed by atoms with Crippen LogP contribution in [-0.2, 0) is 11.8 Å². The average Bonchev–Trinajstić information content (AvgIpc) is 3.46. The second-order valence-corrected chi connectivity index (χ2v) is 8.39. The molecule has 1 amide bonds. The lowest BCUT2D eigenvalue weighted by atomic mass is 10.2. The zero-order valence-corrected chi connectivity index (χ0v) is 16.2. The molecule has 1 aliphatic carbocycles. The third-order valence-electron chi connectivity index (χ3n) is 5.15. The SMILES string of the molecule is C[C@H](Sc1nnc(C2CC2)n1C)C(=O)N1CCN(c2ccccc2)CC1. The molecular formula is C19H25N5OS. The number of thioether (sulfide) groups is 1. The maximum Gasteiger partial charge on any atom is 0.236 e. The Morgan fingerprint density at radius 1 is 1.12 bits per heavy atom. The van der Waals surface area contributed by atoms with E-state index >= 15 is 0 Å². The van der Waals surface area contributed by atoms with Gasteiger partial charge >= 0.3 is 0 Å². The summed E-state index contributed by atoms with van der Waals surface area (Å²) in [4.78, 5) is 17.2. The monoisotopic (exact) mass is 371 g/mol. The molecule has 1 atom stereocenters. The fourth-order valence-corrected chi connectivity index (χ4v) is 4.32. The van der Waals surface area contributed by atoms with Gasteiger partial charge in [0.15, 0.2) is 5.16 Å². The highest BCUT2D eigenvalue weighted by atomic mass is 32.2. The van der Waals surface area contributed by atoms with E-state index < -0.39 is 0 Å². The Morgan fingerprint density at radius 3 is 2.46 bits per heavy atom. The highest BCUT2D eigenvalue weighted by Crippen LogP contribution is 2.39. The summed E-state index contributed by atoms with van der Waals surface area (Å²) in [5, 5.41) is 9.30. The molecule has 1 aliphatic heterocycles. The number of carbonyl (C=O) groups excluding carboxylic acids is 1.